The zero-order valence-electron chi connectivity index (χ0n) is 7.41. The number of hydrogen-bond donors (Lipinski definition) is 3. The molecule has 0 amide bonds. The van der Waals surface area contributed by atoms with Crippen LogP contribution in [0.4, 0.5) is 0 Å². The molecule has 14 heavy (non-hydrogen) atoms. The molecule has 0 saturated carbocycles. The second-order valence-corrected chi connectivity index (χ2v) is 2.57. The van der Waals surface area contributed by atoms with Gasteiger partial charge in [0.15, 0.2) is 0 Å². The van der Waals surface area contributed by atoms with Gasteiger partial charge in [0.25, 0.3) is 0 Å². The van der Waals surface area contributed by atoms with Gasteiger partial charge in [-0.15, -0.1) is 24.8 Å². The first-order valence-corrected chi connectivity index (χ1v) is 3.70. The lowest BCUT2D eigenvalue weighted by Crippen LogP contribution is -2.31. The van der Waals surface area contributed by atoms with E-state index < -0.39 is 12.1 Å². The molecule has 0 aliphatic carbocycles. The fraction of sp³-hybridized carbons (Fsp3) is 0.375. The number of pyridine rings is 1. The molecule has 0 bridgehead atoms. The Kier molecular flexibility index (Phi) is 9.13. The summed E-state index contributed by atoms with van der Waals surface area (Å²) in [6.07, 6.45) is 2.32. The van der Waals surface area contributed by atoms with Crippen LogP contribution in [0.5, 0.6) is 0 Å². The van der Waals surface area contributed by atoms with Crippen molar-refractivity contribution in [2.45, 2.75) is 12.1 Å². The maximum Gasteiger partial charge on any atom is 0.0964 e. The summed E-state index contributed by atoms with van der Waals surface area (Å²) in [5.41, 5.74) is 6.10. The summed E-state index contributed by atoms with van der Waals surface area (Å²) < 4.78 is 0. The predicted octanol–water partition coefficient (Wildman–Crippen LogP) is 0.278. The molecule has 0 fully saturated rings. The minimum absolute atomic E-state index is 0. The fourth-order valence-corrected chi connectivity index (χ4v) is 0.908. The largest absolute Gasteiger partial charge is 0.395 e. The Morgan fingerprint density at radius 1 is 1.29 bits per heavy atom. The molecule has 0 spiro atoms. The zero-order chi connectivity index (χ0) is 8.97. The monoisotopic (exact) mass is 240 g/mol. The first kappa shape index (κ1) is 16.1. The van der Waals surface area contributed by atoms with E-state index in [0.717, 1.165) is 0 Å². The van der Waals surface area contributed by atoms with E-state index in [2.05, 4.69) is 4.98 Å². The molecule has 82 valence electrons. The molecule has 2 unspecified atom stereocenters. The van der Waals surface area contributed by atoms with Crippen LogP contribution in [0, 0.1) is 0 Å². The molecule has 0 saturated heterocycles. The van der Waals surface area contributed by atoms with Crippen molar-refractivity contribution in [2.75, 3.05) is 6.61 Å². The average molecular weight is 241 g/mol. The Morgan fingerprint density at radius 3 is 2.21 bits per heavy atom. The van der Waals surface area contributed by atoms with E-state index in [1.54, 1.807) is 24.5 Å². The minimum atomic E-state index is -0.821. The molecule has 0 aromatic carbocycles. The van der Waals surface area contributed by atoms with Crippen LogP contribution in [-0.4, -0.2) is 27.8 Å². The van der Waals surface area contributed by atoms with Gasteiger partial charge in [-0.25, -0.2) is 0 Å². The van der Waals surface area contributed by atoms with E-state index in [4.69, 9.17) is 10.8 Å². The van der Waals surface area contributed by atoms with Gasteiger partial charge >= 0.3 is 0 Å². The van der Waals surface area contributed by atoms with Crippen molar-refractivity contribution in [3.63, 3.8) is 0 Å². The van der Waals surface area contributed by atoms with Crippen LogP contribution in [0.3, 0.4) is 0 Å². The van der Waals surface area contributed by atoms with Gasteiger partial charge in [0.1, 0.15) is 0 Å². The highest BCUT2D eigenvalue weighted by atomic mass is 35.5. The number of hydrogen-bond acceptors (Lipinski definition) is 4. The molecule has 0 aliphatic rings. The van der Waals surface area contributed by atoms with Gasteiger partial charge in [0.05, 0.1) is 18.8 Å². The van der Waals surface area contributed by atoms with Gasteiger partial charge in [-0.05, 0) is 17.7 Å². The first-order chi connectivity index (χ1) is 5.75. The highest BCUT2D eigenvalue weighted by Crippen LogP contribution is 2.13. The van der Waals surface area contributed by atoms with Crippen LogP contribution in [0.15, 0.2) is 24.5 Å². The van der Waals surface area contributed by atoms with Crippen molar-refractivity contribution in [1.29, 1.82) is 0 Å². The summed E-state index contributed by atoms with van der Waals surface area (Å²) in [5.74, 6) is 0. The van der Waals surface area contributed by atoms with Crippen molar-refractivity contribution in [2.24, 2.45) is 5.73 Å². The summed E-state index contributed by atoms with van der Waals surface area (Å²) in [5, 5.41) is 18.1. The Bertz CT molecular complexity index is 236. The first-order valence-electron chi connectivity index (χ1n) is 3.70. The number of aliphatic hydroxyl groups is 2. The van der Waals surface area contributed by atoms with Crippen LogP contribution in [0.2, 0.25) is 0 Å². The van der Waals surface area contributed by atoms with E-state index in [1.165, 1.54) is 0 Å². The fourth-order valence-electron chi connectivity index (χ4n) is 0.908. The van der Waals surface area contributed by atoms with Gasteiger partial charge in [-0.3, -0.25) is 4.98 Å². The molecule has 0 radical (unpaired) electrons. The highest BCUT2D eigenvalue weighted by molar-refractivity contribution is 5.85. The summed E-state index contributed by atoms with van der Waals surface area (Å²) in [7, 11) is 0. The third-order valence-corrected chi connectivity index (χ3v) is 1.66. The molecule has 2 atom stereocenters. The van der Waals surface area contributed by atoms with Gasteiger partial charge in [-0.2, -0.15) is 0 Å². The second kappa shape index (κ2) is 7.96. The van der Waals surface area contributed by atoms with Gasteiger partial charge < -0.3 is 15.9 Å². The van der Waals surface area contributed by atoms with Crippen molar-refractivity contribution >= 4 is 24.8 Å². The lowest BCUT2D eigenvalue weighted by Gasteiger charge is -2.15. The Balaban J connectivity index is 0. The van der Waals surface area contributed by atoms with Crippen LogP contribution in [0.1, 0.15) is 11.7 Å². The molecule has 4 nitrogen and oxygen atoms in total. The van der Waals surface area contributed by atoms with Gasteiger partial charge in [0.2, 0.25) is 0 Å². The van der Waals surface area contributed by atoms with E-state index in [9.17, 15) is 5.11 Å². The number of aromatic nitrogens is 1. The van der Waals surface area contributed by atoms with Crippen molar-refractivity contribution in [1.82, 2.24) is 4.98 Å². The zero-order valence-corrected chi connectivity index (χ0v) is 9.04. The molecule has 1 aromatic rings. The second-order valence-electron chi connectivity index (χ2n) is 2.57. The number of nitrogens with two attached hydrogens (primary N) is 1. The maximum atomic E-state index is 9.48. The third-order valence-electron chi connectivity index (χ3n) is 1.66. The van der Waals surface area contributed by atoms with Gasteiger partial charge in [0, 0.05) is 12.4 Å². The summed E-state index contributed by atoms with van der Waals surface area (Å²) in [4.78, 5) is 3.80. The van der Waals surface area contributed by atoms with Crippen molar-refractivity contribution in [3.8, 4) is 0 Å². The van der Waals surface area contributed by atoms with E-state index in [1.807, 2.05) is 0 Å². The molecular weight excluding hydrogens is 227 g/mol. The maximum absolute atomic E-state index is 9.48. The standard InChI is InChI=1S/C8H12N2O2.2ClH/c9-7(5-11)8(12)6-1-3-10-4-2-6;;/h1-4,7-8,11-12H,5,9H2;2*1H. The molecule has 1 rings (SSSR count). The molecule has 0 aliphatic heterocycles. The normalized spacial score (nSPS) is 13.4. The van der Waals surface area contributed by atoms with E-state index in [0.29, 0.717) is 5.56 Å². The molecule has 6 heteroatoms. The highest BCUT2D eigenvalue weighted by Gasteiger charge is 2.14. The number of halogens is 2. The summed E-state index contributed by atoms with van der Waals surface area (Å²) in [6, 6.07) is 2.70. The van der Waals surface area contributed by atoms with Crippen LogP contribution in [-0.2, 0) is 0 Å². The smallest absolute Gasteiger partial charge is 0.0964 e. The SMILES string of the molecule is Cl.Cl.NC(CO)C(O)c1ccncc1. The van der Waals surface area contributed by atoms with Gasteiger partial charge in [-0.1, -0.05) is 0 Å². The quantitative estimate of drug-likeness (QED) is 0.710. The molecular formula is C8H14Cl2N2O2. The van der Waals surface area contributed by atoms with Crippen LogP contribution < -0.4 is 5.73 Å². The Morgan fingerprint density at radius 2 is 1.79 bits per heavy atom. The lowest BCUT2D eigenvalue weighted by molar-refractivity contribution is 0.109. The molecule has 1 aromatic heterocycles. The predicted molar refractivity (Wildman–Crippen MR) is 58.8 cm³/mol. The summed E-state index contributed by atoms with van der Waals surface area (Å²) >= 11 is 0. The number of rotatable bonds is 3. The number of aliphatic hydroxyl groups excluding tert-OH is 2. The van der Waals surface area contributed by atoms with Crippen LogP contribution >= 0.6 is 24.8 Å². The average Bonchev–Trinajstić information content (AvgIpc) is 2.17. The Hall–Kier alpha value is -0.390. The Labute approximate surface area is 95.0 Å². The van der Waals surface area contributed by atoms with Crippen molar-refractivity contribution in [3.05, 3.63) is 30.1 Å². The molecule has 4 N–H and O–H groups in total. The molecule has 1 heterocycles. The van der Waals surface area contributed by atoms with E-state index in [-0.39, 0.29) is 31.4 Å². The topological polar surface area (TPSA) is 79.4 Å². The lowest BCUT2D eigenvalue weighted by atomic mass is 10.1. The van der Waals surface area contributed by atoms with E-state index >= 15 is 0 Å². The van der Waals surface area contributed by atoms with Crippen LogP contribution in [0.25, 0.3) is 0 Å². The number of nitrogens with zero attached hydrogens (tertiary/aromatic N) is 1. The minimum Gasteiger partial charge on any atom is -0.395 e. The summed E-state index contributed by atoms with van der Waals surface area (Å²) in [6.45, 7) is -0.233. The van der Waals surface area contributed by atoms with Crippen molar-refractivity contribution < 1.29 is 10.2 Å². The third kappa shape index (κ3) is 4.21.